The van der Waals surface area contributed by atoms with E-state index in [9.17, 15) is 4.79 Å². The van der Waals surface area contributed by atoms with Crippen molar-refractivity contribution in [2.75, 3.05) is 36.5 Å². The third kappa shape index (κ3) is 4.25. The fourth-order valence-corrected chi connectivity index (χ4v) is 4.89. The van der Waals surface area contributed by atoms with Crippen molar-refractivity contribution in [2.45, 2.75) is 38.6 Å². The second kappa shape index (κ2) is 9.13. The van der Waals surface area contributed by atoms with Gasteiger partial charge in [-0.25, -0.2) is 14.8 Å². The zero-order valence-electron chi connectivity index (χ0n) is 19.1. The monoisotopic (exact) mass is 444 g/mol. The number of ether oxygens (including phenoxy) is 1. The summed E-state index contributed by atoms with van der Waals surface area (Å²) in [5, 5.41) is 9.41. The minimum atomic E-state index is -0.477. The number of benzene rings is 1. The fourth-order valence-electron chi connectivity index (χ4n) is 4.89. The normalized spacial score (nSPS) is 17.7. The van der Waals surface area contributed by atoms with Gasteiger partial charge < -0.3 is 14.5 Å². The van der Waals surface area contributed by atoms with E-state index in [0.717, 1.165) is 62.6 Å². The van der Waals surface area contributed by atoms with Gasteiger partial charge in [-0.3, -0.25) is 0 Å². The topological polar surface area (TPSA) is 84.3 Å². The van der Waals surface area contributed by atoms with E-state index in [-0.39, 0.29) is 11.7 Å². The standard InChI is InChI=1S/C25H28N6O2/c1-17-16-30(11-12-31(17)23-15-26-22(14-27-23)25(32)33-2)24-20-10-6-9-19(20)21(28-29-24)13-18-7-4-3-5-8-18/h3-5,7-8,14-15,17H,6,9-13,16H2,1-2H3. The highest BCUT2D eigenvalue weighted by molar-refractivity contribution is 5.86. The number of fused-ring (bicyclic) bond motifs is 1. The van der Waals surface area contributed by atoms with Gasteiger partial charge in [0.2, 0.25) is 0 Å². The molecule has 8 nitrogen and oxygen atoms in total. The van der Waals surface area contributed by atoms with Crippen LogP contribution in [0.15, 0.2) is 42.7 Å². The van der Waals surface area contributed by atoms with Gasteiger partial charge in [0, 0.05) is 37.7 Å². The lowest BCUT2D eigenvalue weighted by molar-refractivity contribution is 0.0593. The molecule has 0 spiro atoms. The number of anilines is 2. The van der Waals surface area contributed by atoms with Gasteiger partial charge in [-0.2, -0.15) is 5.10 Å². The molecule has 5 rings (SSSR count). The molecular weight excluding hydrogens is 416 g/mol. The number of hydrogen-bond acceptors (Lipinski definition) is 8. The van der Waals surface area contributed by atoms with Gasteiger partial charge in [-0.05, 0) is 37.3 Å². The zero-order valence-corrected chi connectivity index (χ0v) is 19.1. The second-order valence-electron chi connectivity index (χ2n) is 8.68. The maximum Gasteiger partial charge on any atom is 0.358 e. The molecule has 1 saturated heterocycles. The molecule has 1 aliphatic heterocycles. The Bertz CT molecular complexity index is 1140. The first-order valence-corrected chi connectivity index (χ1v) is 11.5. The Kier molecular flexibility index (Phi) is 5.90. The number of carbonyl (C=O) groups excluding carboxylic acids is 1. The maximum atomic E-state index is 11.6. The number of nitrogens with zero attached hydrogens (tertiary/aromatic N) is 6. The summed E-state index contributed by atoms with van der Waals surface area (Å²) in [6.45, 7) is 4.65. The van der Waals surface area contributed by atoms with Gasteiger partial charge >= 0.3 is 5.97 Å². The van der Waals surface area contributed by atoms with Crippen molar-refractivity contribution in [3.05, 3.63) is 70.8 Å². The fraction of sp³-hybridized carbons (Fsp3) is 0.400. The summed E-state index contributed by atoms with van der Waals surface area (Å²) in [6, 6.07) is 10.7. The number of carbonyl (C=O) groups is 1. The predicted octanol–water partition coefficient (Wildman–Crippen LogP) is 2.85. The Labute approximate surface area is 193 Å². The Morgan fingerprint density at radius 3 is 2.61 bits per heavy atom. The SMILES string of the molecule is COC(=O)c1cnc(N2CCN(c3nnc(Cc4ccccc4)c4c3CCC4)CC2C)cn1. The summed E-state index contributed by atoms with van der Waals surface area (Å²) in [6.07, 6.45) is 7.27. The predicted molar refractivity (Wildman–Crippen MR) is 126 cm³/mol. The van der Waals surface area contributed by atoms with E-state index in [1.165, 1.54) is 30.0 Å². The lowest BCUT2D eigenvalue weighted by Crippen LogP contribution is -2.53. The lowest BCUT2D eigenvalue weighted by atomic mass is 10.0. The van der Waals surface area contributed by atoms with Crippen LogP contribution in [-0.4, -0.2) is 58.9 Å². The Hall–Kier alpha value is -3.55. The summed E-state index contributed by atoms with van der Waals surface area (Å²) < 4.78 is 4.71. The first-order chi connectivity index (χ1) is 16.1. The van der Waals surface area contributed by atoms with Crippen LogP contribution in [0.4, 0.5) is 11.6 Å². The van der Waals surface area contributed by atoms with Gasteiger partial charge in [0.1, 0.15) is 5.82 Å². The van der Waals surface area contributed by atoms with E-state index in [0.29, 0.717) is 0 Å². The summed E-state index contributed by atoms with van der Waals surface area (Å²) >= 11 is 0. The van der Waals surface area contributed by atoms with Crippen LogP contribution in [0.25, 0.3) is 0 Å². The minimum Gasteiger partial charge on any atom is -0.464 e. The molecule has 8 heteroatoms. The molecule has 1 aliphatic carbocycles. The van der Waals surface area contributed by atoms with Gasteiger partial charge in [0.15, 0.2) is 11.5 Å². The van der Waals surface area contributed by atoms with Crippen molar-refractivity contribution in [1.82, 2.24) is 20.2 Å². The summed E-state index contributed by atoms with van der Waals surface area (Å²) in [7, 11) is 1.34. The molecule has 0 radical (unpaired) electrons. The highest BCUT2D eigenvalue weighted by Crippen LogP contribution is 2.33. The summed E-state index contributed by atoms with van der Waals surface area (Å²) in [5.41, 5.74) is 5.37. The zero-order chi connectivity index (χ0) is 22.8. The van der Waals surface area contributed by atoms with E-state index in [2.05, 4.69) is 56.1 Å². The van der Waals surface area contributed by atoms with E-state index >= 15 is 0 Å². The van der Waals surface area contributed by atoms with E-state index < -0.39 is 5.97 Å². The van der Waals surface area contributed by atoms with E-state index in [4.69, 9.17) is 9.84 Å². The van der Waals surface area contributed by atoms with Crippen LogP contribution in [0.1, 0.15) is 46.2 Å². The third-order valence-corrected chi connectivity index (χ3v) is 6.57. The van der Waals surface area contributed by atoms with Crippen molar-refractivity contribution in [3.63, 3.8) is 0 Å². The number of aromatic nitrogens is 4. The highest BCUT2D eigenvalue weighted by Gasteiger charge is 2.30. The molecule has 170 valence electrons. The number of rotatable bonds is 5. The van der Waals surface area contributed by atoms with Gasteiger partial charge in [-0.1, -0.05) is 30.3 Å². The Morgan fingerprint density at radius 1 is 1.06 bits per heavy atom. The molecule has 0 N–H and O–H groups in total. The number of hydrogen-bond donors (Lipinski definition) is 0. The van der Waals surface area contributed by atoms with Crippen molar-refractivity contribution < 1.29 is 9.53 Å². The molecule has 3 heterocycles. The Morgan fingerprint density at radius 2 is 1.88 bits per heavy atom. The molecule has 1 aromatic carbocycles. The van der Waals surface area contributed by atoms with Crippen molar-refractivity contribution in [2.24, 2.45) is 0 Å². The van der Waals surface area contributed by atoms with Crippen LogP contribution < -0.4 is 9.80 Å². The van der Waals surface area contributed by atoms with Crippen LogP contribution in [0.2, 0.25) is 0 Å². The Balaban J connectivity index is 1.32. The van der Waals surface area contributed by atoms with Gasteiger partial charge in [-0.15, -0.1) is 5.10 Å². The van der Waals surface area contributed by atoms with Crippen LogP contribution in [0, 0.1) is 0 Å². The van der Waals surface area contributed by atoms with Crippen LogP contribution in [0.5, 0.6) is 0 Å². The minimum absolute atomic E-state index is 0.217. The molecule has 1 fully saturated rings. The summed E-state index contributed by atoms with van der Waals surface area (Å²) in [5.74, 6) is 1.33. The smallest absolute Gasteiger partial charge is 0.358 e. The average Bonchev–Trinajstić information content (AvgIpc) is 3.35. The van der Waals surface area contributed by atoms with Gasteiger partial charge in [0.25, 0.3) is 0 Å². The number of esters is 1. The van der Waals surface area contributed by atoms with E-state index in [1.807, 2.05) is 6.07 Å². The number of methoxy groups -OCH3 is 1. The molecule has 1 unspecified atom stereocenters. The molecule has 33 heavy (non-hydrogen) atoms. The van der Waals surface area contributed by atoms with Crippen LogP contribution in [-0.2, 0) is 24.0 Å². The van der Waals surface area contributed by atoms with Gasteiger partial charge in [0.05, 0.1) is 25.2 Å². The highest BCUT2D eigenvalue weighted by atomic mass is 16.5. The summed E-state index contributed by atoms with van der Waals surface area (Å²) in [4.78, 5) is 24.9. The maximum absolute atomic E-state index is 11.6. The van der Waals surface area contributed by atoms with Crippen molar-refractivity contribution in [1.29, 1.82) is 0 Å². The molecule has 3 aromatic rings. The first kappa shape index (κ1) is 21.3. The average molecular weight is 445 g/mol. The molecule has 1 atom stereocenters. The molecular formula is C25H28N6O2. The third-order valence-electron chi connectivity index (χ3n) is 6.57. The lowest BCUT2D eigenvalue weighted by Gasteiger charge is -2.41. The molecule has 0 amide bonds. The number of piperazine rings is 1. The first-order valence-electron chi connectivity index (χ1n) is 11.5. The van der Waals surface area contributed by atoms with Crippen LogP contribution >= 0.6 is 0 Å². The molecule has 2 aliphatic rings. The second-order valence-corrected chi connectivity index (χ2v) is 8.68. The quantitative estimate of drug-likeness (QED) is 0.556. The van der Waals surface area contributed by atoms with Crippen molar-refractivity contribution >= 4 is 17.6 Å². The largest absolute Gasteiger partial charge is 0.464 e. The molecule has 0 saturated carbocycles. The van der Waals surface area contributed by atoms with Crippen LogP contribution in [0.3, 0.4) is 0 Å². The van der Waals surface area contributed by atoms with Crippen molar-refractivity contribution in [3.8, 4) is 0 Å². The molecule has 0 bridgehead atoms. The van der Waals surface area contributed by atoms with E-state index in [1.54, 1.807) is 6.20 Å². The molecule has 2 aromatic heterocycles.